The zero-order valence-electron chi connectivity index (χ0n) is 20.6. The molecule has 8 heteroatoms. The van der Waals surface area contributed by atoms with E-state index in [1.807, 2.05) is 60.7 Å². The summed E-state index contributed by atoms with van der Waals surface area (Å²) in [7, 11) is 1.57. The molecule has 2 amide bonds. The van der Waals surface area contributed by atoms with E-state index in [2.05, 4.69) is 0 Å². The summed E-state index contributed by atoms with van der Waals surface area (Å²) in [5, 5.41) is 2.38. The minimum Gasteiger partial charge on any atom is -0.493 e. The van der Waals surface area contributed by atoms with Gasteiger partial charge in [-0.3, -0.25) is 14.5 Å². The second-order valence-electron chi connectivity index (χ2n) is 8.48. The molecule has 0 aromatic heterocycles. The molecule has 0 atom stereocenters. The Morgan fingerprint density at radius 3 is 2.47 bits per heavy atom. The zero-order valence-corrected chi connectivity index (χ0v) is 22.1. The monoisotopic (exact) mass is 545 g/mol. The maximum absolute atomic E-state index is 13.0. The third kappa shape index (κ3) is 5.79. The Hall–Kier alpha value is -3.94. The van der Waals surface area contributed by atoms with Crippen LogP contribution in [0, 0.1) is 0 Å². The lowest BCUT2D eigenvalue weighted by Gasteiger charge is -2.14. The van der Waals surface area contributed by atoms with E-state index in [4.69, 9.17) is 25.8 Å². The van der Waals surface area contributed by atoms with Crippen molar-refractivity contribution in [3.05, 3.63) is 106 Å². The van der Waals surface area contributed by atoms with Crippen LogP contribution in [0.15, 0.2) is 89.8 Å². The lowest BCUT2D eigenvalue weighted by atomic mass is 10.1. The smallest absolute Gasteiger partial charge is 0.293 e. The molecule has 0 N–H and O–H groups in total. The van der Waals surface area contributed by atoms with Crippen LogP contribution in [0.5, 0.6) is 17.2 Å². The Morgan fingerprint density at radius 2 is 1.66 bits per heavy atom. The number of rotatable bonds is 9. The fraction of sp³-hybridized carbons (Fsp3) is 0.133. The Morgan fingerprint density at radius 1 is 0.868 bits per heavy atom. The zero-order chi connectivity index (χ0) is 26.5. The molecule has 192 valence electrons. The molecule has 0 radical (unpaired) electrons. The van der Waals surface area contributed by atoms with Crippen molar-refractivity contribution in [2.45, 2.75) is 6.61 Å². The van der Waals surface area contributed by atoms with Gasteiger partial charge in [-0.05, 0) is 64.7 Å². The Balaban J connectivity index is 1.25. The Bertz CT molecular complexity index is 1510. The van der Waals surface area contributed by atoms with E-state index in [1.54, 1.807) is 37.5 Å². The molecule has 1 aliphatic heterocycles. The van der Waals surface area contributed by atoms with Gasteiger partial charge < -0.3 is 14.2 Å². The van der Waals surface area contributed by atoms with Crippen LogP contribution >= 0.6 is 23.4 Å². The van der Waals surface area contributed by atoms with Crippen LogP contribution in [0.2, 0.25) is 5.02 Å². The largest absolute Gasteiger partial charge is 0.493 e. The third-order valence-electron chi connectivity index (χ3n) is 5.99. The lowest BCUT2D eigenvalue weighted by molar-refractivity contribution is -0.123. The van der Waals surface area contributed by atoms with E-state index < -0.39 is 0 Å². The summed E-state index contributed by atoms with van der Waals surface area (Å²) >= 11 is 6.87. The van der Waals surface area contributed by atoms with Crippen molar-refractivity contribution in [1.82, 2.24) is 4.90 Å². The summed E-state index contributed by atoms with van der Waals surface area (Å²) in [5.41, 5.74) is 1.67. The van der Waals surface area contributed by atoms with Crippen LogP contribution in [0.1, 0.15) is 11.1 Å². The first-order valence-corrected chi connectivity index (χ1v) is 13.1. The van der Waals surface area contributed by atoms with Crippen LogP contribution < -0.4 is 14.2 Å². The summed E-state index contributed by atoms with van der Waals surface area (Å²) in [6, 6.07) is 26.5. The van der Waals surface area contributed by atoms with E-state index in [1.165, 1.54) is 4.90 Å². The number of imide groups is 1. The fourth-order valence-corrected chi connectivity index (χ4v) is 5.04. The average molecular weight is 546 g/mol. The van der Waals surface area contributed by atoms with Gasteiger partial charge in [-0.25, -0.2) is 0 Å². The maximum atomic E-state index is 13.0. The molecule has 0 spiro atoms. The van der Waals surface area contributed by atoms with Crippen molar-refractivity contribution in [3.8, 4) is 17.2 Å². The number of halogens is 1. The van der Waals surface area contributed by atoms with Crippen LogP contribution in [-0.2, 0) is 11.4 Å². The van der Waals surface area contributed by atoms with Gasteiger partial charge in [0.2, 0.25) is 0 Å². The first-order chi connectivity index (χ1) is 18.5. The second-order valence-corrected chi connectivity index (χ2v) is 9.91. The summed E-state index contributed by atoms with van der Waals surface area (Å²) < 4.78 is 17.3. The predicted molar refractivity (Wildman–Crippen MR) is 151 cm³/mol. The number of thioether (sulfide) groups is 1. The van der Waals surface area contributed by atoms with Crippen LogP contribution in [0.25, 0.3) is 16.8 Å². The average Bonchev–Trinajstić information content (AvgIpc) is 3.20. The Kier molecular flexibility index (Phi) is 7.86. The first-order valence-electron chi connectivity index (χ1n) is 11.9. The van der Waals surface area contributed by atoms with Gasteiger partial charge in [0.25, 0.3) is 11.1 Å². The molecular weight excluding hydrogens is 522 g/mol. The topological polar surface area (TPSA) is 65.1 Å². The SMILES string of the molecule is COc1ccc(/C=C2\SC(=O)N(CCOc3cccc4ccccc34)C2=O)cc1OCc1ccc(Cl)cc1. The summed E-state index contributed by atoms with van der Waals surface area (Å²) in [5.74, 6) is 1.46. The van der Waals surface area contributed by atoms with Crippen LogP contribution in [-0.4, -0.2) is 36.3 Å². The van der Waals surface area contributed by atoms with Crippen molar-refractivity contribution in [3.63, 3.8) is 0 Å². The van der Waals surface area contributed by atoms with Gasteiger partial charge >= 0.3 is 0 Å². The molecule has 5 rings (SSSR count). The number of nitrogens with zero attached hydrogens (tertiary/aromatic N) is 1. The predicted octanol–water partition coefficient (Wildman–Crippen LogP) is 7.20. The number of hydrogen-bond donors (Lipinski definition) is 0. The maximum Gasteiger partial charge on any atom is 0.293 e. The second kappa shape index (κ2) is 11.6. The van der Waals surface area contributed by atoms with Crippen molar-refractivity contribution in [1.29, 1.82) is 0 Å². The minimum atomic E-state index is -0.346. The van der Waals surface area contributed by atoms with Crippen molar-refractivity contribution in [2.75, 3.05) is 20.3 Å². The van der Waals surface area contributed by atoms with Crippen LogP contribution in [0.4, 0.5) is 4.79 Å². The van der Waals surface area contributed by atoms with E-state index in [-0.39, 0.29) is 24.3 Å². The molecule has 4 aromatic carbocycles. The molecule has 1 aliphatic rings. The number of hydrogen-bond acceptors (Lipinski definition) is 6. The van der Waals surface area contributed by atoms with Gasteiger partial charge in [0, 0.05) is 10.4 Å². The molecule has 1 saturated heterocycles. The van der Waals surface area contributed by atoms with Gasteiger partial charge in [0.1, 0.15) is 19.0 Å². The number of benzene rings is 4. The van der Waals surface area contributed by atoms with Gasteiger partial charge in [-0.2, -0.15) is 0 Å². The molecular formula is C30H24ClNO5S. The van der Waals surface area contributed by atoms with E-state index >= 15 is 0 Å². The number of carbonyl (C=O) groups excluding carboxylic acids is 2. The molecule has 0 bridgehead atoms. The molecule has 0 aliphatic carbocycles. The highest BCUT2D eigenvalue weighted by molar-refractivity contribution is 8.18. The standard InChI is InChI=1S/C30H24ClNO5S/c1-35-26-14-11-21(17-27(26)37-19-20-9-12-23(31)13-10-20)18-28-29(33)32(30(34)38-28)15-16-36-25-8-4-6-22-5-2-3-7-24(22)25/h2-14,17-18H,15-16,19H2,1H3/b28-18-. The number of amides is 2. The number of methoxy groups -OCH3 is 1. The highest BCUT2D eigenvalue weighted by Crippen LogP contribution is 2.35. The van der Waals surface area contributed by atoms with Gasteiger partial charge in [0.15, 0.2) is 11.5 Å². The first kappa shape index (κ1) is 25.7. The normalized spacial score (nSPS) is 14.4. The molecule has 0 saturated carbocycles. The summed E-state index contributed by atoms with van der Waals surface area (Å²) in [4.78, 5) is 27.2. The number of fused-ring (bicyclic) bond motifs is 1. The minimum absolute atomic E-state index is 0.156. The van der Waals surface area contributed by atoms with Crippen LogP contribution in [0.3, 0.4) is 0 Å². The summed E-state index contributed by atoms with van der Waals surface area (Å²) in [6.07, 6.45) is 1.69. The molecule has 1 heterocycles. The van der Waals surface area contributed by atoms with Gasteiger partial charge in [0.05, 0.1) is 18.6 Å². The Labute approximate surface area is 229 Å². The summed E-state index contributed by atoms with van der Waals surface area (Å²) in [6.45, 7) is 0.679. The molecule has 6 nitrogen and oxygen atoms in total. The van der Waals surface area contributed by atoms with E-state index in [0.717, 1.165) is 39.4 Å². The van der Waals surface area contributed by atoms with E-state index in [9.17, 15) is 9.59 Å². The fourth-order valence-electron chi connectivity index (χ4n) is 4.05. The van der Waals surface area contributed by atoms with E-state index in [0.29, 0.717) is 28.0 Å². The molecule has 0 unspecified atom stereocenters. The van der Waals surface area contributed by atoms with Crippen molar-refractivity contribution >= 4 is 51.4 Å². The van der Waals surface area contributed by atoms with Gasteiger partial charge in [-0.15, -0.1) is 0 Å². The quantitative estimate of drug-likeness (QED) is 0.207. The third-order valence-corrected chi connectivity index (χ3v) is 7.15. The molecule has 38 heavy (non-hydrogen) atoms. The van der Waals surface area contributed by atoms with Crippen molar-refractivity contribution in [2.24, 2.45) is 0 Å². The number of ether oxygens (including phenoxy) is 3. The molecule has 4 aromatic rings. The number of carbonyl (C=O) groups is 2. The molecule has 1 fully saturated rings. The highest BCUT2D eigenvalue weighted by Gasteiger charge is 2.34. The van der Waals surface area contributed by atoms with Crippen molar-refractivity contribution < 1.29 is 23.8 Å². The van der Waals surface area contributed by atoms with Gasteiger partial charge in [-0.1, -0.05) is 66.2 Å². The lowest BCUT2D eigenvalue weighted by Crippen LogP contribution is -2.32. The highest BCUT2D eigenvalue weighted by atomic mass is 35.5.